The van der Waals surface area contributed by atoms with Crippen molar-refractivity contribution in [2.75, 3.05) is 29.9 Å². The summed E-state index contributed by atoms with van der Waals surface area (Å²) >= 11 is 6.07. The van der Waals surface area contributed by atoms with Gasteiger partial charge in [0.15, 0.2) is 0 Å². The Morgan fingerprint density at radius 2 is 1.76 bits per heavy atom. The molecule has 1 aromatic carbocycles. The van der Waals surface area contributed by atoms with Gasteiger partial charge < -0.3 is 15.1 Å². The smallest absolute Gasteiger partial charge is 0.244 e. The Kier molecular flexibility index (Phi) is 8.93. The van der Waals surface area contributed by atoms with Crippen LogP contribution in [-0.2, 0) is 11.3 Å². The lowest BCUT2D eigenvalue weighted by Crippen LogP contribution is -2.46. The van der Waals surface area contributed by atoms with Gasteiger partial charge in [-0.1, -0.05) is 31.5 Å². The highest BCUT2D eigenvalue weighted by Crippen LogP contribution is 2.23. The van der Waals surface area contributed by atoms with Crippen LogP contribution in [0.3, 0.4) is 0 Å². The van der Waals surface area contributed by atoms with Gasteiger partial charge in [-0.05, 0) is 69.6 Å². The number of benzene rings is 1. The highest BCUT2D eigenvalue weighted by molar-refractivity contribution is 6.30. The van der Waals surface area contributed by atoms with E-state index >= 15 is 0 Å². The van der Waals surface area contributed by atoms with Gasteiger partial charge in [-0.15, -0.1) is 0 Å². The van der Waals surface area contributed by atoms with Crippen molar-refractivity contribution in [1.82, 2.24) is 10.3 Å². The van der Waals surface area contributed by atoms with Crippen LogP contribution < -0.4 is 15.1 Å². The van der Waals surface area contributed by atoms with Gasteiger partial charge in [0, 0.05) is 23.8 Å². The fourth-order valence-electron chi connectivity index (χ4n) is 3.36. The Labute approximate surface area is 180 Å². The summed E-state index contributed by atoms with van der Waals surface area (Å²) in [6.45, 7) is 10.7. The number of nitrogens with zero attached hydrogens (tertiary/aromatic N) is 3. The maximum absolute atomic E-state index is 13.4. The molecule has 1 N–H and O–H groups in total. The lowest BCUT2D eigenvalue weighted by atomic mass is 10.0. The topological polar surface area (TPSA) is 48.5 Å². The van der Waals surface area contributed by atoms with Crippen molar-refractivity contribution >= 4 is 29.0 Å². The van der Waals surface area contributed by atoms with E-state index in [0.717, 1.165) is 36.7 Å². The minimum absolute atomic E-state index is 0.0403. The predicted octanol–water partition coefficient (Wildman–Crippen LogP) is 4.75. The Morgan fingerprint density at radius 1 is 1.10 bits per heavy atom. The fraction of sp³-hybridized carbons (Fsp3) is 0.478. The number of hydrogen-bond acceptors (Lipinski definition) is 4. The number of likely N-dealkylation sites (N-methyl/N-ethyl adjacent to an activating group) is 1. The van der Waals surface area contributed by atoms with Gasteiger partial charge >= 0.3 is 0 Å². The van der Waals surface area contributed by atoms with Gasteiger partial charge in [-0.3, -0.25) is 4.79 Å². The Bertz CT molecular complexity index is 775. The molecule has 1 amide bonds. The normalized spacial score (nSPS) is 12.1. The molecule has 0 aliphatic carbocycles. The molecule has 0 bridgehead atoms. The zero-order valence-corrected chi connectivity index (χ0v) is 18.9. The zero-order chi connectivity index (χ0) is 21.4. The van der Waals surface area contributed by atoms with Crippen LogP contribution in [0.25, 0.3) is 0 Å². The second-order valence-corrected chi connectivity index (χ2v) is 7.97. The summed E-state index contributed by atoms with van der Waals surface area (Å²) in [5, 5.41) is 3.83. The molecule has 0 radical (unpaired) electrons. The minimum Gasteiger partial charge on any atom is -0.357 e. The van der Waals surface area contributed by atoms with Crippen molar-refractivity contribution in [2.45, 2.75) is 46.7 Å². The molecule has 2 rings (SSSR count). The van der Waals surface area contributed by atoms with Crippen LogP contribution in [-0.4, -0.2) is 37.1 Å². The van der Waals surface area contributed by atoms with Gasteiger partial charge in [-0.25, -0.2) is 4.98 Å². The summed E-state index contributed by atoms with van der Waals surface area (Å²) in [5.74, 6) is 1.38. The van der Waals surface area contributed by atoms with E-state index in [1.807, 2.05) is 49.5 Å². The molecule has 1 atom stereocenters. The van der Waals surface area contributed by atoms with Gasteiger partial charge in [0.25, 0.3) is 0 Å². The molecule has 0 aliphatic rings. The first-order chi connectivity index (χ1) is 13.9. The predicted molar refractivity (Wildman–Crippen MR) is 123 cm³/mol. The van der Waals surface area contributed by atoms with Crippen molar-refractivity contribution in [2.24, 2.45) is 5.92 Å². The number of carbonyl (C=O) groups is 1. The van der Waals surface area contributed by atoms with Gasteiger partial charge in [-0.2, -0.15) is 0 Å². The number of anilines is 2. The summed E-state index contributed by atoms with van der Waals surface area (Å²) in [5.41, 5.74) is 1.68. The zero-order valence-electron chi connectivity index (χ0n) is 18.2. The molecule has 0 unspecified atom stereocenters. The Morgan fingerprint density at radius 3 is 2.31 bits per heavy atom. The average Bonchev–Trinajstić information content (AvgIpc) is 2.71. The van der Waals surface area contributed by atoms with E-state index in [9.17, 15) is 4.79 Å². The van der Waals surface area contributed by atoms with Crippen LogP contribution in [0.4, 0.5) is 11.5 Å². The van der Waals surface area contributed by atoms with Crippen LogP contribution in [0.1, 0.15) is 39.8 Å². The third kappa shape index (κ3) is 6.44. The van der Waals surface area contributed by atoms with E-state index in [1.165, 1.54) is 0 Å². The van der Waals surface area contributed by atoms with Gasteiger partial charge in [0.05, 0.1) is 18.3 Å². The molecule has 1 aromatic heterocycles. The summed E-state index contributed by atoms with van der Waals surface area (Å²) < 4.78 is 0. The van der Waals surface area contributed by atoms with Crippen molar-refractivity contribution in [3.8, 4) is 0 Å². The first-order valence-electron chi connectivity index (χ1n) is 10.3. The number of amides is 1. The number of pyridine rings is 1. The monoisotopic (exact) mass is 416 g/mol. The number of rotatable bonds is 10. The largest absolute Gasteiger partial charge is 0.357 e. The van der Waals surface area contributed by atoms with E-state index in [4.69, 9.17) is 16.6 Å². The van der Waals surface area contributed by atoms with Crippen LogP contribution in [0.15, 0.2) is 42.5 Å². The number of halogens is 1. The first-order valence-corrected chi connectivity index (χ1v) is 10.7. The Hall–Kier alpha value is -2.11. The molecule has 0 saturated heterocycles. The third-order valence-electron chi connectivity index (χ3n) is 4.96. The summed E-state index contributed by atoms with van der Waals surface area (Å²) in [6.07, 6.45) is 0.770. The maximum Gasteiger partial charge on any atom is 0.244 e. The molecule has 2 aromatic rings. The summed E-state index contributed by atoms with van der Waals surface area (Å²) in [6, 6.07) is 13.1. The molecule has 29 heavy (non-hydrogen) atoms. The molecule has 0 saturated carbocycles. The summed E-state index contributed by atoms with van der Waals surface area (Å²) in [7, 11) is 1.84. The third-order valence-corrected chi connectivity index (χ3v) is 5.21. The second kappa shape index (κ2) is 11.2. The van der Waals surface area contributed by atoms with E-state index < -0.39 is 0 Å². The first kappa shape index (κ1) is 23.2. The minimum atomic E-state index is -0.253. The van der Waals surface area contributed by atoms with Crippen LogP contribution in [0, 0.1) is 5.92 Å². The number of hydrogen-bond donors (Lipinski definition) is 1. The van der Waals surface area contributed by atoms with Crippen LogP contribution in [0.5, 0.6) is 0 Å². The number of carbonyl (C=O) groups excluding carboxylic acids is 1. The van der Waals surface area contributed by atoms with E-state index in [1.54, 1.807) is 4.90 Å². The highest BCUT2D eigenvalue weighted by atomic mass is 35.5. The average molecular weight is 417 g/mol. The summed E-state index contributed by atoms with van der Waals surface area (Å²) in [4.78, 5) is 22.2. The molecule has 0 aliphatic heterocycles. The van der Waals surface area contributed by atoms with E-state index in [-0.39, 0.29) is 11.9 Å². The Balaban J connectivity index is 2.36. The molecule has 0 spiro atoms. The van der Waals surface area contributed by atoms with E-state index in [0.29, 0.717) is 17.5 Å². The molecule has 0 fully saturated rings. The molecule has 6 heteroatoms. The molecular weight excluding hydrogens is 384 g/mol. The van der Waals surface area contributed by atoms with Crippen molar-refractivity contribution < 1.29 is 4.79 Å². The number of aromatic nitrogens is 1. The highest BCUT2D eigenvalue weighted by Gasteiger charge is 2.25. The molecule has 5 nitrogen and oxygen atoms in total. The maximum atomic E-state index is 13.4. The van der Waals surface area contributed by atoms with Crippen molar-refractivity contribution in [3.05, 3.63) is 53.2 Å². The van der Waals surface area contributed by atoms with Gasteiger partial charge in [0.2, 0.25) is 5.91 Å². The van der Waals surface area contributed by atoms with Crippen molar-refractivity contribution in [1.29, 1.82) is 0 Å². The molecule has 158 valence electrons. The second-order valence-electron chi connectivity index (χ2n) is 7.53. The number of nitrogens with one attached hydrogen (secondary N) is 1. The fourth-order valence-corrected chi connectivity index (χ4v) is 3.49. The van der Waals surface area contributed by atoms with Crippen molar-refractivity contribution in [3.63, 3.8) is 0 Å². The van der Waals surface area contributed by atoms with Crippen LogP contribution in [0.2, 0.25) is 5.02 Å². The van der Waals surface area contributed by atoms with Gasteiger partial charge in [0.1, 0.15) is 5.82 Å². The van der Waals surface area contributed by atoms with E-state index in [2.05, 4.69) is 37.9 Å². The standard InChI is InChI=1S/C23H33ClN4O/c1-6-27(7-2)22-10-8-9-19(26-22)16-28(20-13-11-18(24)12-14-20)23(29)21(25-5)15-17(3)4/h8-14,17,21,25H,6-7,15-16H2,1-5H3/t21-/m0/s1. The lowest BCUT2D eigenvalue weighted by Gasteiger charge is -2.28. The quantitative estimate of drug-likeness (QED) is 0.607. The molecular formula is C23H33ClN4O. The molecule has 1 heterocycles. The van der Waals surface area contributed by atoms with Crippen LogP contribution >= 0.6 is 11.6 Å². The SMILES string of the molecule is CCN(CC)c1cccc(CN(C(=O)[C@H](CC(C)C)NC)c2ccc(Cl)cc2)n1. The lowest BCUT2D eigenvalue weighted by molar-refractivity contribution is -0.121.